The molecule has 0 N–H and O–H groups in total. The molecule has 0 spiro atoms. The van der Waals surface area contributed by atoms with Crippen LogP contribution in [0, 0.1) is 0 Å². The number of piperidine rings is 1. The Bertz CT molecular complexity index is 921. The van der Waals surface area contributed by atoms with Crippen LogP contribution in [0.25, 0.3) is 0 Å². The van der Waals surface area contributed by atoms with Gasteiger partial charge >= 0.3 is 6.18 Å². The summed E-state index contributed by atoms with van der Waals surface area (Å²) in [6.45, 7) is 5.72. The summed E-state index contributed by atoms with van der Waals surface area (Å²) >= 11 is 0. The fourth-order valence-electron chi connectivity index (χ4n) is 4.39. The summed E-state index contributed by atoms with van der Waals surface area (Å²) in [6.07, 6.45) is -1.86. The van der Waals surface area contributed by atoms with Crippen molar-refractivity contribution in [1.29, 1.82) is 0 Å². The number of likely N-dealkylation sites (tertiary alicyclic amines) is 1. The van der Waals surface area contributed by atoms with Crippen LogP contribution in [-0.2, 0) is 11.0 Å². The number of benzene rings is 2. The largest absolute Gasteiger partial charge is 0.416 e. The Hall–Kier alpha value is -2.83. The van der Waals surface area contributed by atoms with Crippen molar-refractivity contribution in [3.8, 4) is 0 Å². The lowest BCUT2D eigenvalue weighted by atomic mass is 9.94. The third-order valence-electron chi connectivity index (χ3n) is 6.29. The van der Waals surface area contributed by atoms with Crippen LogP contribution < -0.4 is 0 Å². The lowest BCUT2D eigenvalue weighted by molar-refractivity contribution is -0.138. The van der Waals surface area contributed by atoms with Gasteiger partial charge < -0.3 is 9.80 Å². The molecule has 1 aliphatic heterocycles. The van der Waals surface area contributed by atoms with Gasteiger partial charge in [-0.05, 0) is 55.0 Å². The standard InChI is InChI=1S/C26H31F3N2O2/c1-3-15-31(23-13-16-30(17-14-23)25(33)21-7-5-4-6-8-21)24(32)18-19(2)20-9-11-22(12-10-20)26(27,28)29/h4-12,19,23H,3,13-18H2,1-2H3. The minimum absolute atomic E-state index is 0.0112. The van der Waals surface area contributed by atoms with Crippen LogP contribution in [0.1, 0.15) is 66.9 Å². The lowest BCUT2D eigenvalue weighted by Crippen LogP contribution is -2.49. The smallest absolute Gasteiger partial charge is 0.340 e. The summed E-state index contributed by atoms with van der Waals surface area (Å²) in [5, 5.41) is 0. The van der Waals surface area contributed by atoms with E-state index in [4.69, 9.17) is 0 Å². The van der Waals surface area contributed by atoms with Gasteiger partial charge in [-0.1, -0.05) is 44.2 Å². The number of halogens is 3. The van der Waals surface area contributed by atoms with Crippen LogP contribution in [0.5, 0.6) is 0 Å². The quantitative estimate of drug-likeness (QED) is 0.529. The minimum Gasteiger partial charge on any atom is -0.340 e. The average molecular weight is 461 g/mol. The summed E-state index contributed by atoms with van der Waals surface area (Å²) in [5.41, 5.74) is 0.702. The predicted octanol–water partition coefficient (Wildman–Crippen LogP) is 5.74. The highest BCUT2D eigenvalue weighted by molar-refractivity contribution is 5.94. The SMILES string of the molecule is CCCN(C(=O)CC(C)c1ccc(C(F)(F)F)cc1)C1CCN(C(=O)c2ccccc2)CC1. The van der Waals surface area contributed by atoms with Crippen molar-refractivity contribution in [1.82, 2.24) is 9.80 Å². The Balaban J connectivity index is 1.59. The van der Waals surface area contributed by atoms with Crippen molar-refractivity contribution >= 4 is 11.8 Å². The Morgan fingerprint density at radius 2 is 1.64 bits per heavy atom. The van der Waals surface area contributed by atoms with Crippen LogP contribution >= 0.6 is 0 Å². The first-order valence-electron chi connectivity index (χ1n) is 11.5. The molecule has 1 heterocycles. The number of rotatable bonds is 7. The van der Waals surface area contributed by atoms with Crippen molar-refractivity contribution in [2.24, 2.45) is 0 Å². The van der Waals surface area contributed by atoms with E-state index in [1.165, 1.54) is 12.1 Å². The lowest BCUT2D eigenvalue weighted by Gasteiger charge is -2.39. The van der Waals surface area contributed by atoms with Gasteiger partial charge in [-0.25, -0.2) is 0 Å². The third kappa shape index (κ3) is 6.36. The summed E-state index contributed by atoms with van der Waals surface area (Å²) < 4.78 is 38.4. The Morgan fingerprint density at radius 1 is 1.03 bits per heavy atom. The molecule has 4 nitrogen and oxygen atoms in total. The first kappa shape index (κ1) is 24.8. The van der Waals surface area contributed by atoms with Crippen molar-refractivity contribution in [3.05, 3.63) is 71.3 Å². The van der Waals surface area contributed by atoms with Gasteiger partial charge in [0.15, 0.2) is 0 Å². The van der Waals surface area contributed by atoms with E-state index in [2.05, 4.69) is 0 Å². The highest BCUT2D eigenvalue weighted by atomic mass is 19.4. The molecule has 7 heteroatoms. The van der Waals surface area contributed by atoms with Crippen LogP contribution in [0.15, 0.2) is 54.6 Å². The second-order valence-electron chi connectivity index (χ2n) is 8.70. The van der Waals surface area contributed by atoms with Crippen molar-refractivity contribution in [2.45, 2.75) is 57.7 Å². The Morgan fingerprint density at radius 3 is 2.18 bits per heavy atom. The number of hydrogen-bond donors (Lipinski definition) is 0. The highest BCUT2D eigenvalue weighted by Crippen LogP contribution is 2.31. The van der Waals surface area contributed by atoms with Crippen LogP contribution in [-0.4, -0.2) is 47.3 Å². The molecule has 3 rings (SSSR count). The van der Waals surface area contributed by atoms with Gasteiger partial charge in [-0.2, -0.15) is 13.2 Å². The molecule has 178 valence electrons. The summed E-state index contributed by atoms with van der Waals surface area (Å²) in [4.78, 5) is 29.6. The molecule has 0 aromatic heterocycles. The molecule has 0 radical (unpaired) electrons. The molecule has 1 atom stereocenters. The van der Waals surface area contributed by atoms with Crippen molar-refractivity contribution < 1.29 is 22.8 Å². The molecule has 1 fully saturated rings. The first-order chi connectivity index (χ1) is 15.7. The molecule has 2 amide bonds. The van der Waals surface area contributed by atoms with Gasteiger partial charge in [0.25, 0.3) is 5.91 Å². The van der Waals surface area contributed by atoms with Gasteiger partial charge in [0, 0.05) is 37.7 Å². The summed E-state index contributed by atoms with van der Waals surface area (Å²) in [6, 6.07) is 14.3. The predicted molar refractivity (Wildman–Crippen MR) is 122 cm³/mol. The molecule has 33 heavy (non-hydrogen) atoms. The molecule has 1 aliphatic rings. The zero-order chi connectivity index (χ0) is 24.0. The monoisotopic (exact) mass is 460 g/mol. The van der Waals surface area contributed by atoms with E-state index in [-0.39, 0.29) is 30.2 Å². The zero-order valence-corrected chi connectivity index (χ0v) is 19.1. The fourth-order valence-corrected chi connectivity index (χ4v) is 4.39. The van der Waals surface area contributed by atoms with Gasteiger partial charge in [-0.3, -0.25) is 9.59 Å². The van der Waals surface area contributed by atoms with E-state index in [1.807, 2.05) is 54.0 Å². The van der Waals surface area contributed by atoms with E-state index in [0.717, 1.165) is 37.0 Å². The summed E-state index contributed by atoms with van der Waals surface area (Å²) in [5.74, 6) is -0.158. The number of amides is 2. The normalized spacial score (nSPS) is 15.8. The minimum atomic E-state index is -4.37. The number of alkyl halides is 3. The van der Waals surface area contributed by atoms with Crippen LogP contribution in [0.2, 0.25) is 0 Å². The Labute approximate surface area is 193 Å². The van der Waals surface area contributed by atoms with E-state index in [9.17, 15) is 22.8 Å². The van der Waals surface area contributed by atoms with E-state index in [1.54, 1.807) is 0 Å². The van der Waals surface area contributed by atoms with Crippen molar-refractivity contribution in [2.75, 3.05) is 19.6 Å². The molecule has 0 bridgehead atoms. The van der Waals surface area contributed by atoms with Gasteiger partial charge in [0.2, 0.25) is 5.91 Å². The van der Waals surface area contributed by atoms with Gasteiger partial charge in [0.1, 0.15) is 0 Å². The maximum Gasteiger partial charge on any atom is 0.416 e. The van der Waals surface area contributed by atoms with Crippen LogP contribution in [0.4, 0.5) is 13.2 Å². The molecule has 2 aromatic carbocycles. The van der Waals surface area contributed by atoms with Crippen molar-refractivity contribution in [3.63, 3.8) is 0 Å². The maximum atomic E-state index is 13.1. The summed E-state index contributed by atoms with van der Waals surface area (Å²) in [7, 11) is 0. The van der Waals surface area contributed by atoms with E-state index in [0.29, 0.717) is 25.2 Å². The highest BCUT2D eigenvalue weighted by Gasteiger charge is 2.32. The molecular formula is C26H31F3N2O2. The topological polar surface area (TPSA) is 40.6 Å². The maximum absolute atomic E-state index is 13.1. The van der Waals surface area contributed by atoms with Gasteiger partial charge in [-0.15, -0.1) is 0 Å². The second kappa shape index (κ2) is 10.9. The second-order valence-corrected chi connectivity index (χ2v) is 8.70. The average Bonchev–Trinajstić information content (AvgIpc) is 2.82. The fraction of sp³-hybridized carbons (Fsp3) is 0.462. The molecule has 0 aliphatic carbocycles. The molecule has 2 aromatic rings. The zero-order valence-electron chi connectivity index (χ0n) is 19.1. The van der Waals surface area contributed by atoms with E-state index < -0.39 is 11.7 Å². The van der Waals surface area contributed by atoms with Gasteiger partial charge in [0.05, 0.1) is 5.56 Å². The molecule has 0 saturated carbocycles. The Kier molecular flexibility index (Phi) is 8.16. The van der Waals surface area contributed by atoms with Crippen LogP contribution in [0.3, 0.4) is 0 Å². The third-order valence-corrected chi connectivity index (χ3v) is 6.29. The number of carbonyl (C=O) groups excluding carboxylic acids is 2. The number of nitrogens with zero attached hydrogens (tertiary/aromatic N) is 2. The first-order valence-corrected chi connectivity index (χ1v) is 11.5. The number of hydrogen-bond acceptors (Lipinski definition) is 2. The number of carbonyl (C=O) groups is 2. The van der Waals surface area contributed by atoms with E-state index >= 15 is 0 Å². The molecule has 1 saturated heterocycles. The molecule has 1 unspecified atom stereocenters. The molecular weight excluding hydrogens is 429 g/mol.